The second-order valence-electron chi connectivity index (χ2n) is 18.7. The van der Waals surface area contributed by atoms with Crippen molar-refractivity contribution < 1.29 is 0 Å². The molecular formula is C69H45N. The summed E-state index contributed by atoms with van der Waals surface area (Å²) in [4.78, 5) is 0. The van der Waals surface area contributed by atoms with E-state index in [4.69, 9.17) is 0 Å². The number of rotatable bonds is 7. The van der Waals surface area contributed by atoms with Crippen molar-refractivity contribution in [2.75, 3.05) is 0 Å². The third kappa shape index (κ3) is 5.98. The summed E-state index contributed by atoms with van der Waals surface area (Å²) in [7, 11) is 0. The van der Waals surface area contributed by atoms with Crippen molar-refractivity contribution in [3.05, 3.63) is 306 Å². The molecule has 12 aromatic rings. The fourth-order valence-electron chi connectivity index (χ4n) is 12.2. The van der Waals surface area contributed by atoms with Gasteiger partial charge in [0.2, 0.25) is 0 Å². The molecule has 1 nitrogen and oxygen atoms in total. The molecule has 0 atom stereocenters. The van der Waals surface area contributed by atoms with Crippen LogP contribution in [0.25, 0.3) is 94.8 Å². The Kier molecular flexibility index (Phi) is 9.19. The fourth-order valence-corrected chi connectivity index (χ4v) is 12.2. The van der Waals surface area contributed by atoms with Gasteiger partial charge in [-0.3, -0.25) is 0 Å². The Morgan fingerprint density at radius 2 is 0.843 bits per heavy atom. The number of aromatic nitrogens is 1. The van der Waals surface area contributed by atoms with Crippen molar-refractivity contribution >= 4 is 33.5 Å². The number of benzene rings is 11. The van der Waals surface area contributed by atoms with Gasteiger partial charge in [0.15, 0.2) is 0 Å². The topological polar surface area (TPSA) is 4.93 Å². The van der Waals surface area contributed by atoms with Crippen LogP contribution < -0.4 is 0 Å². The number of hydrogen-bond acceptors (Lipinski definition) is 0. The van der Waals surface area contributed by atoms with Gasteiger partial charge < -0.3 is 4.57 Å². The second kappa shape index (κ2) is 16.0. The predicted octanol–water partition coefficient (Wildman–Crippen LogP) is 17.7. The highest BCUT2D eigenvalue weighted by atomic mass is 15.0. The molecular weight excluding hydrogens is 843 g/mol. The maximum atomic E-state index is 2.48. The van der Waals surface area contributed by atoms with E-state index in [-0.39, 0.29) is 0 Å². The monoisotopic (exact) mass is 887 g/mol. The predicted molar refractivity (Wildman–Crippen MR) is 293 cm³/mol. The zero-order chi connectivity index (χ0) is 46.2. The van der Waals surface area contributed by atoms with Crippen LogP contribution in [0.1, 0.15) is 38.9 Å². The van der Waals surface area contributed by atoms with Gasteiger partial charge in [0.05, 0.1) is 16.4 Å². The van der Waals surface area contributed by atoms with Gasteiger partial charge >= 0.3 is 0 Å². The zero-order valence-corrected chi connectivity index (χ0v) is 38.4. The molecule has 0 N–H and O–H groups in total. The summed E-state index contributed by atoms with van der Waals surface area (Å²) in [5.41, 5.74) is 25.6. The molecule has 14 rings (SSSR count). The van der Waals surface area contributed by atoms with Crippen molar-refractivity contribution in [2.24, 2.45) is 0 Å². The van der Waals surface area contributed by atoms with Gasteiger partial charge in [-0.1, -0.05) is 237 Å². The SMILES string of the molecule is C(=C(/c1ccc(-c2ccccc2)cc1)c1ccccc1-c1ccccc1-c1ccc2c(c1)c1ccccc1n2-c1ccccc1)/c1cccc2c1-c1ccccc1C21c2ccccc2-c2ccccc21. The van der Waals surface area contributed by atoms with Crippen molar-refractivity contribution in [1.29, 1.82) is 0 Å². The molecule has 0 radical (unpaired) electrons. The second-order valence-corrected chi connectivity index (χ2v) is 18.7. The van der Waals surface area contributed by atoms with Gasteiger partial charge in [-0.25, -0.2) is 0 Å². The highest BCUT2D eigenvalue weighted by Gasteiger charge is 2.51. The summed E-state index contributed by atoms with van der Waals surface area (Å²) in [6, 6.07) is 98.6. The molecule has 1 aromatic heterocycles. The van der Waals surface area contributed by atoms with E-state index in [2.05, 4.69) is 278 Å². The first kappa shape index (κ1) is 40.1. The summed E-state index contributed by atoms with van der Waals surface area (Å²) >= 11 is 0. The first-order valence-corrected chi connectivity index (χ1v) is 24.3. The largest absolute Gasteiger partial charge is 0.309 e. The number of hydrogen-bond donors (Lipinski definition) is 0. The third-order valence-corrected chi connectivity index (χ3v) is 15.1. The minimum absolute atomic E-state index is 0.425. The third-order valence-electron chi connectivity index (χ3n) is 15.1. The fraction of sp³-hybridized carbons (Fsp3) is 0.0145. The van der Waals surface area contributed by atoms with E-state index in [0.717, 1.165) is 11.3 Å². The number of nitrogens with zero attached hydrogens (tertiary/aromatic N) is 1. The molecule has 1 spiro atoms. The molecule has 11 aromatic carbocycles. The first-order valence-electron chi connectivity index (χ1n) is 24.3. The molecule has 0 unspecified atom stereocenters. The lowest BCUT2D eigenvalue weighted by Crippen LogP contribution is -2.25. The molecule has 0 bridgehead atoms. The van der Waals surface area contributed by atoms with Crippen molar-refractivity contribution in [1.82, 2.24) is 4.57 Å². The zero-order valence-electron chi connectivity index (χ0n) is 38.4. The molecule has 2 aliphatic rings. The Morgan fingerprint density at radius 1 is 0.329 bits per heavy atom. The lowest BCUT2D eigenvalue weighted by molar-refractivity contribution is 0.793. The van der Waals surface area contributed by atoms with Crippen LogP contribution in [0.4, 0.5) is 0 Å². The molecule has 0 amide bonds. The highest BCUT2D eigenvalue weighted by Crippen LogP contribution is 2.63. The minimum Gasteiger partial charge on any atom is -0.309 e. The van der Waals surface area contributed by atoms with Crippen molar-refractivity contribution in [3.63, 3.8) is 0 Å². The van der Waals surface area contributed by atoms with Crippen LogP contribution in [-0.2, 0) is 5.41 Å². The molecule has 326 valence electrons. The van der Waals surface area contributed by atoms with Crippen LogP contribution in [0, 0.1) is 0 Å². The van der Waals surface area contributed by atoms with E-state index in [1.54, 1.807) is 0 Å². The van der Waals surface area contributed by atoms with E-state index in [0.29, 0.717) is 0 Å². The molecule has 1 heterocycles. The standard InChI is InChI=1S/C69H45N/c1-3-20-46(21-4-1)47-38-40-48(41-39-47)60(45-50-22-19-36-65-68(50)59-32-13-17-35-64(59)69(65)62-33-15-11-29-56(62)57-30-12-16-34-63(57)69)55-28-10-9-27-54(55)53-26-8-7-25-52(53)49-42-43-67-61(44-49)58-31-14-18-37-66(58)70(67)51-23-5-2-6-24-51/h1-45H/b60-45+. The van der Waals surface area contributed by atoms with E-state index >= 15 is 0 Å². The summed E-state index contributed by atoms with van der Waals surface area (Å²) in [6.45, 7) is 0. The lowest BCUT2D eigenvalue weighted by Gasteiger charge is -2.30. The van der Waals surface area contributed by atoms with Gasteiger partial charge in [-0.15, -0.1) is 0 Å². The van der Waals surface area contributed by atoms with Crippen LogP contribution in [0.5, 0.6) is 0 Å². The Balaban J connectivity index is 0.985. The van der Waals surface area contributed by atoms with E-state index < -0.39 is 5.41 Å². The van der Waals surface area contributed by atoms with Gasteiger partial charge in [-0.05, 0) is 137 Å². The summed E-state index contributed by atoms with van der Waals surface area (Å²) in [6.07, 6.45) is 2.48. The van der Waals surface area contributed by atoms with Crippen molar-refractivity contribution in [3.8, 4) is 61.3 Å². The molecule has 0 saturated heterocycles. The molecule has 0 fully saturated rings. The minimum atomic E-state index is -0.425. The molecule has 0 saturated carbocycles. The van der Waals surface area contributed by atoms with E-state index in [1.165, 1.54) is 116 Å². The molecule has 2 aliphatic carbocycles. The van der Waals surface area contributed by atoms with Gasteiger partial charge in [0.25, 0.3) is 0 Å². The molecule has 70 heavy (non-hydrogen) atoms. The van der Waals surface area contributed by atoms with Crippen LogP contribution in [0.3, 0.4) is 0 Å². The van der Waals surface area contributed by atoms with E-state index in [1.807, 2.05) is 0 Å². The highest BCUT2D eigenvalue weighted by molar-refractivity contribution is 6.11. The summed E-state index contributed by atoms with van der Waals surface area (Å²) in [5, 5.41) is 2.48. The molecule has 0 aliphatic heterocycles. The number of para-hydroxylation sites is 2. The van der Waals surface area contributed by atoms with Gasteiger partial charge in [0.1, 0.15) is 0 Å². The maximum Gasteiger partial charge on any atom is 0.0725 e. The van der Waals surface area contributed by atoms with Gasteiger partial charge in [0, 0.05) is 16.5 Å². The van der Waals surface area contributed by atoms with Crippen molar-refractivity contribution in [2.45, 2.75) is 5.41 Å². The maximum absolute atomic E-state index is 2.48. The van der Waals surface area contributed by atoms with Gasteiger partial charge in [-0.2, -0.15) is 0 Å². The summed E-state index contributed by atoms with van der Waals surface area (Å²) in [5.74, 6) is 0. The number of fused-ring (bicyclic) bond motifs is 13. The van der Waals surface area contributed by atoms with Crippen LogP contribution in [-0.4, -0.2) is 4.57 Å². The average Bonchev–Trinajstić information content (AvgIpc) is 4.06. The normalized spacial score (nSPS) is 13.1. The average molecular weight is 888 g/mol. The molecule has 1 heteroatoms. The lowest BCUT2D eigenvalue weighted by atomic mass is 9.70. The Hall–Kier alpha value is -9.04. The quantitative estimate of drug-likeness (QED) is 0.141. The smallest absolute Gasteiger partial charge is 0.0725 e. The Labute approximate surface area is 408 Å². The first-order chi connectivity index (χ1) is 34.8. The Morgan fingerprint density at radius 3 is 1.57 bits per heavy atom. The van der Waals surface area contributed by atoms with Crippen LogP contribution >= 0.6 is 0 Å². The van der Waals surface area contributed by atoms with Crippen LogP contribution in [0.2, 0.25) is 0 Å². The van der Waals surface area contributed by atoms with E-state index in [9.17, 15) is 0 Å². The summed E-state index contributed by atoms with van der Waals surface area (Å²) < 4.78 is 2.39. The Bertz CT molecular complexity index is 3990. The van der Waals surface area contributed by atoms with Crippen LogP contribution in [0.15, 0.2) is 267 Å².